The van der Waals surface area contributed by atoms with Gasteiger partial charge in [-0.05, 0) is 66.5 Å². The number of hydrogen-bond donors (Lipinski definition) is 2. The summed E-state index contributed by atoms with van der Waals surface area (Å²) in [5.41, 5.74) is 4.14. The van der Waals surface area contributed by atoms with Gasteiger partial charge in [0.1, 0.15) is 18.1 Å². The molecule has 154 valence electrons. The molecular formula is C25H36O3. The fourth-order valence-corrected chi connectivity index (χ4v) is 3.71. The minimum absolute atomic E-state index is 0.104. The molecule has 0 aliphatic carbocycles. The van der Waals surface area contributed by atoms with Crippen molar-refractivity contribution in [2.75, 3.05) is 6.61 Å². The van der Waals surface area contributed by atoms with E-state index in [1.807, 2.05) is 39.8 Å². The second-order valence-corrected chi connectivity index (χ2v) is 8.96. The molecule has 28 heavy (non-hydrogen) atoms. The van der Waals surface area contributed by atoms with E-state index >= 15 is 0 Å². The highest BCUT2D eigenvalue weighted by atomic mass is 16.5. The topological polar surface area (TPSA) is 49.7 Å². The van der Waals surface area contributed by atoms with Crippen LogP contribution in [0.2, 0.25) is 0 Å². The molecule has 3 heteroatoms. The van der Waals surface area contributed by atoms with Gasteiger partial charge in [-0.1, -0.05) is 58.9 Å². The Morgan fingerprint density at radius 2 is 1.43 bits per heavy atom. The Labute approximate surface area is 170 Å². The van der Waals surface area contributed by atoms with E-state index < -0.39 is 6.10 Å². The van der Waals surface area contributed by atoms with Crippen LogP contribution in [-0.4, -0.2) is 22.9 Å². The smallest absolute Gasteiger partial charge is 0.122 e. The van der Waals surface area contributed by atoms with Crippen molar-refractivity contribution in [2.45, 2.75) is 72.8 Å². The third-order valence-electron chi connectivity index (χ3n) is 6.08. The quantitative estimate of drug-likeness (QED) is 0.625. The molecule has 2 rings (SSSR count). The fourth-order valence-electron chi connectivity index (χ4n) is 3.71. The lowest BCUT2D eigenvalue weighted by molar-refractivity contribution is 0.0216. The predicted octanol–water partition coefficient (Wildman–Crippen LogP) is 5.90. The number of ether oxygens (including phenoxy) is 1. The molecule has 3 nitrogen and oxygen atoms in total. The molecule has 0 bridgehead atoms. The normalized spacial score (nSPS) is 13.4. The molecule has 0 amide bonds. The van der Waals surface area contributed by atoms with Crippen LogP contribution in [0.25, 0.3) is 0 Å². The van der Waals surface area contributed by atoms with Gasteiger partial charge in [0, 0.05) is 5.41 Å². The van der Waals surface area contributed by atoms with Gasteiger partial charge in [-0.15, -0.1) is 0 Å². The number of aromatic hydroxyl groups is 1. The van der Waals surface area contributed by atoms with Crippen molar-refractivity contribution in [3.63, 3.8) is 0 Å². The number of phenols is 1. The van der Waals surface area contributed by atoms with Crippen LogP contribution < -0.4 is 4.74 Å². The molecule has 0 aliphatic heterocycles. The Bertz CT molecular complexity index is 798. The number of hydrogen-bond acceptors (Lipinski definition) is 3. The summed E-state index contributed by atoms with van der Waals surface area (Å²) in [4.78, 5) is 0. The zero-order valence-electron chi connectivity index (χ0n) is 18.5. The highest BCUT2D eigenvalue weighted by Crippen LogP contribution is 2.41. The minimum atomic E-state index is -0.517. The van der Waals surface area contributed by atoms with Gasteiger partial charge in [0.05, 0.1) is 6.10 Å². The number of phenolic OH excluding ortho intramolecular Hbond substituents is 1. The minimum Gasteiger partial charge on any atom is -0.508 e. The second kappa shape index (κ2) is 8.57. The SMILES string of the molecule is CCC(CC)(c1ccc(O)c(C)c1)c1ccc(OCC(O)C(C)(C)C)c(C)c1. The van der Waals surface area contributed by atoms with Crippen LogP contribution >= 0.6 is 0 Å². The first-order valence-corrected chi connectivity index (χ1v) is 10.3. The summed E-state index contributed by atoms with van der Waals surface area (Å²) < 4.78 is 5.92. The van der Waals surface area contributed by atoms with E-state index in [4.69, 9.17) is 4.74 Å². The molecule has 0 saturated heterocycles. The van der Waals surface area contributed by atoms with Crippen molar-refractivity contribution in [3.8, 4) is 11.5 Å². The van der Waals surface area contributed by atoms with Gasteiger partial charge in [0.25, 0.3) is 0 Å². The summed E-state index contributed by atoms with van der Waals surface area (Å²) in [5.74, 6) is 1.15. The second-order valence-electron chi connectivity index (χ2n) is 8.96. The molecule has 0 fully saturated rings. The van der Waals surface area contributed by atoms with Crippen LogP contribution in [0.15, 0.2) is 36.4 Å². The average molecular weight is 385 g/mol. The maximum atomic E-state index is 10.2. The molecule has 0 radical (unpaired) electrons. The van der Waals surface area contributed by atoms with Crippen LogP contribution in [0.4, 0.5) is 0 Å². The highest BCUT2D eigenvalue weighted by Gasteiger charge is 2.31. The number of aliphatic hydroxyl groups excluding tert-OH is 1. The molecule has 2 aromatic rings. The van der Waals surface area contributed by atoms with Crippen LogP contribution in [-0.2, 0) is 5.41 Å². The van der Waals surface area contributed by atoms with Crippen LogP contribution in [0, 0.1) is 19.3 Å². The third-order valence-corrected chi connectivity index (χ3v) is 6.08. The number of benzene rings is 2. The van der Waals surface area contributed by atoms with Crippen molar-refractivity contribution < 1.29 is 14.9 Å². The van der Waals surface area contributed by atoms with Gasteiger partial charge in [-0.3, -0.25) is 0 Å². The van der Waals surface area contributed by atoms with Gasteiger partial charge in [-0.2, -0.15) is 0 Å². The van der Waals surface area contributed by atoms with Crippen molar-refractivity contribution in [1.82, 2.24) is 0 Å². The molecular weight excluding hydrogens is 348 g/mol. The molecule has 1 atom stereocenters. The molecule has 1 unspecified atom stereocenters. The van der Waals surface area contributed by atoms with Crippen molar-refractivity contribution in [1.29, 1.82) is 0 Å². The average Bonchev–Trinajstić information content (AvgIpc) is 2.64. The summed E-state index contributed by atoms with van der Waals surface area (Å²) in [5, 5.41) is 20.2. The monoisotopic (exact) mass is 384 g/mol. The van der Waals surface area contributed by atoms with Gasteiger partial charge in [0.15, 0.2) is 0 Å². The molecule has 0 aromatic heterocycles. The van der Waals surface area contributed by atoms with Crippen LogP contribution in [0.1, 0.15) is 69.7 Å². The van der Waals surface area contributed by atoms with Gasteiger partial charge >= 0.3 is 0 Å². The van der Waals surface area contributed by atoms with Gasteiger partial charge < -0.3 is 14.9 Å². The maximum Gasteiger partial charge on any atom is 0.122 e. The molecule has 2 N–H and O–H groups in total. The lowest BCUT2D eigenvalue weighted by Crippen LogP contribution is -2.32. The van der Waals surface area contributed by atoms with Gasteiger partial charge in [0.2, 0.25) is 0 Å². The largest absolute Gasteiger partial charge is 0.508 e. The summed E-state index contributed by atoms with van der Waals surface area (Å²) in [7, 11) is 0. The Hall–Kier alpha value is -2.00. The van der Waals surface area contributed by atoms with E-state index in [0.29, 0.717) is 5.75 Å². The molecule has 0 spiro atoms. The molecule has 2 aromatic carbocycles. The fraction of sp³-hybridized carbons (Fsp3) is 0.520. The number of rotatable bonds is 7. The Morgan fingerprint density at radius 1 is 0.893 bits per heavy atom. The Morgan fingerprint density at radius 3 is 1.89 bits per heavy atom. The molecule has 0 saturated carbocycles. The third kappa shape index (κ3) is 4.52. The van der Waals surface area contributed by atoms with E-state index in [9.17, 15) is 10.2 Å². The first-order chi connectivity index (χ1) is 13.0. The Balaban J connectivity index is 2.36. The zero-order chi connectivity index (χ0) is 21.1. The van der Waals surface area contributed by atoms with Crippen molar-refractivity contribution >= 4 is 0 Å². The van der Waals surface area contributed by atoms with Gasteiger partial charge in [-0.25, -0.2) is 0 Å². The van der Waals surface area contributed by atoms with Crippen molar-refractivity contribution in [3.05, 3.63) is 58.7 Å². The molecule has 0 heterocycles. The maximum absolute atomic E-state index is 10.2. The van der Waals surface area contributed by atoms with E-state index in [1.165, 1.54) is 11.1 Å². The highest BCUT2D eigenvalue weighted by molar-refractivity contribution is 5.47. The van der Waals surface area contributed by atoms with E-state index in [-0.39, 0.29) is 17.4 Å². The summed E-state index contributed by atoms with van der Waals surface area (Å²) in [6.45, 7) is 14.7. The zero-order valence-corrected chi connectivity index (χ0v) is 18.5. The van der Waals surface area contributed by atoms with Crippen molar-refractivity contribution in [2.24, 2.45) is 5.41 Å². The summed E-state index contributed by atoms with van der Waals surface area (Å²) in [6, 6.07) is 12.3. The van der Waals surface area contributed by atoms with Crippen LogP contribution in [0.5, 0.6) is 11.5 Å². The first kappa shape index (κ1) is 22.3. The van der Waals surface area contributed by atoms with E-state index in [1.54, 1.807) is 6.07 Å². The van der Waals surface area contributed by atoms with E-state index in [0.717, 1.165) is 29.7 Å². The van der Waals surface area contributed by atoms with Crippen LogP contribution in [0.3, 0.4) is 0 Å². The molecule has 0 aliphatic rings. The Kier molecular flexibility index (Phi) is 6.82. The summed E-state index contributed by atoms with van der Waals surface area (Å²) in [6.07, 6.45) is 1.42. The number of aryl methyl sites for hydroxylation is 2. The lowest BCUT2D eigenvalue weighted by Gasteiger charge is -2.34. The first-order valence-electron chi connectivity index (χ1n) is 10.3. The van der Waals surface area contributed by atoms with E-state index in [2.05, 4.69) is 39.0 Å². The lowest BCUT2D eigenvalue weighted by atomic mass is 9.70. The predicted molar refractivity (Wildman–Crippen MR) is 116 cm³/mol. The standard InChI is InChI=1S/C25H36O3/c1-8-25(9-2,19-10-12-21(26)17(3)14-19)20-11-13-22(18(4)15-20)28-16-23(27)24(5,6)7/h10-15,23,26-27H,8-9,16H2,1-7H3. The number of aliphatic hydroxyl groups is 1. The summed E-state index contributed by atoms with van der Waals surface area (Å²) >= 11 is 0.